The van der Waals surface area contributed by atoms with E-state index in [1.807, 2.05) is 54.6 Å². The molecule has 0 fully saturated rings. The molecule has 3 heteroatoms. The fourth-order valence-corrected chi connectivity index (χ4v) is 1.79. The Morgan fingerprint density at radius 2 is 1.68 bits per heavy atom. The average molecular weight is 256 g/mol. The molecule has 0 aliphatic carbocycles. The van der Waals surface area contributed by atoms with Crippen LogP contribution in [0.2, 0.25) is 0 Å². The van der Waals surface area contributed by atoms with Gasteiger partial charge in [0.25, 0.3) is 0 Å². The zero-order valence-corrected chi connectivity index (χ0v) is 10.8. The average Bonchev–Trinajstić information content (AvgIpc) is 2.47. The van der Waals surface area contributed by atoms with Crippen LogP contribution in [0, 0.1) is 0 Å². The second-order valence-electron chi connectivity index (χ2n) is 3.96. The summed E-state index contributed by atoms with van der Waals surface area (Å²) in [7, 11) is 0. The Balaban J connectivity index is 2.15. The van der Waals surface area contributed by atoms with Crippen LogP contribution >= 0.6 is 0 Å². The Bertz CT molecular complexity index is 535. The highest BCUT2D eigenvalue weighted by molar-refractivity contribution is 5.73. The molecule has 0 aromatic heterocycles. The van der Waals surface area contributed by atoms with Crippen molar-refractivity contribution >= 4 is 5.97 Å². The highest BCUT2D eigenvalue weighted by Crippen LogP contribution is 2.29. The van der Waals surface area contributed by atoms with Crippen molar-refractivity contribution in [3.63, 3.8) is 0 Å². The van der Waals surface area contributed by atoms with Crippen molar-refractivity contribution in [1.82, 2.24) is 0 Å². The first kappa shape index (κ1) is 13.1. The summed E-state index contributed by atoms with van der Waals surface area (Å²) in [4.78, 5) is 11.3. The number of benzene rings is 2. The molecule has 0 atom stereocenters. The maximum absolute atomic E-state index is 11.3. The Kier molecular flexibility index (Phi) is 4.56. The van der Waals surface area contributed by atoms with Crippen LogP contribution in [0.5, 0.6) is 5.75 Å². The number of hydrogen-bond donors (Lipinski definition) is 0. The molecule has 0 saturated heterocycles. The third kappa shape index (κ3) is 3.58. The van der Waals surface area contributed by atoms with Gasteiger partial charge in [0.1, 0.15) is 5.75 Å². The van der Waals surface area contributed by atoms with Crippen LogP contribution in [0.1, 0.15) is 6.92 Å². The van der Waals surface area contributed by atoms with Crippen molar-refractivity contribution in [3.8, 4) is 16.9 Å². The van der Waals surface area contributed by atoms with E-state index in [0.717, 1.165) is 11.1 Å². The van der Waals surface area contributed by atoms with Gasteiger partial charge in [0.05, 0.1) is 6.61 Å². The molecular weight excluding hydrogens is 240 g/mol. The molecule has 0 aliphatic heterocycles. The number of para-hydroxylation sites is 1. The van der Waals surface area contributed by atoms with Gasteiger partial charge in [-0.2, -0.15) is 0 Å². The summed E-state index contributed by atoms with van der Waals surface area (Å²) in [6.07, 6.45) is 0. The van der Waals surface area contributed by atoms with E-state index in [0.29, 0.717) is 12.4 Å². The molecule has 0 unspecified atom stereocenters. The zero-order valence-electron chi connectivity index (χ0n) is 10.8. The zero-order chi connectivity index (χ0) is 13.5. The highest BCUT2D eigenvalue weighted by atomic mass is 16.6. The highest BCUT2D eigenvalue weighted by Gasteiger charge is 2.08. The molecule has 2 aromatic carbocycles. The van der Waals surface area contributed by atoms with E-state index in [1.54, 1.807) is 6.92 Å². The summed E-state index contributed by atoms with van der Waals surface area (Å²) in [5.41, 5.74) is 2.02. The second-order valence-corrected chi connectivity index (χ2v) is 3.96. The fourth-order valence-electron chi connectivity index (χ4n) is 1.79. The van der Waals surface area contributed by atoms with Gasteiger partial charge in [-0.15, -0.1) is 0 Å². The van der Waals surface area contributed by atoms with E-state index in [-0.39, 0.29) is 12.6 Å². The number of carbonyl (C=O) groups is 1. The third-order valence-corrected chi connectivity index (χ3v) is 2.62. The molecule has 0 radical (unpaired) electrons. The van der Waals surface area contributed by atoms with Gasteiger partial charge in [-0.3, -0.25) is 0 Å². The van der Waals surface area contributed by atoms with Crippen molar-refractivity contribution < 1.29 is 14.3 Å². The lowest BCUT2D eigenvalue weighted by atomic mass is 10.1. The number of ether oxygens (including phenoxy) is 2. The van der Waals surface area contributed by atoms with Crippen molar-refractivity contribution in [1.29, 1.82) is 0 Å². The molecule has 98 valence electrons. The summed E-state index contributed by atoms with van der Waals surface area (Å²) >= 11 is 0. The normalized spacial score (nSPS) is 9.95. The standard InChI is InChI=1S/C16H16O3/c1-2-18-16(17)12-19-15-11-7-6-10-14(15)13-8-4-3-5-9-13/h3-11H,2,12H2,1H3. The predicted octanol–water partition coefficient (Wildman–Crippen LogP) is 3.30. The SMILES string of the molecule is CCOC(=O)COc1ccccc1-c1ccccc1. The molecule has 0 saturated carbocycles. The van der Waals surface area contributed by atoms with E-state index in [2.05, 4.69) is 0 Å². The van der Waals surface area contributed by atoms with Crippen LogP contribution < -0.4 is 4.74 Å². The predicted molar refractivity (Wildman–Crippen MR) is 74.0 cm³/mol. The molecule has 3 nitrogen and oxygen atoms in total. The largest absolute Gasteiger partial charge is 0.481 e. The number of carbonyl (C=O) groups excluding carboxylic acids is 1. The molecule has 0 spiro atoms. The van der Waals surface area contributed by atoms with Gasteiger partial charge < -0.3 is 9.47 Å². The summed E-state index contributed by atoms with van der Waals surface area (Å²) in [5, 5.41) is 0. The first-order valence-electron chi connectivity index (χ1n) is 6.24. The lowest BCUT2D eigenvalue weighted by Crippen LogP contribution is -2.14. The van der Waals surface area contributed by atoms with E-state index in [4.69, 9.17) is 9.47 Å². The maximum Gasteiger partial charge on any atom is 0.344 e. The monoisotopic (exact) mass is 256 g/mol. The Hall–Kier alpha value is -2.29. The lowest BCUT2D eigenvalue weighted by Gasteiger charge is -2.11. The number of hydrogen-bond acceptors (Lipinski definition) is 3. The van der Waals surface area contributed by atoms with Crippen LogP contribution in [0.15, 0.2) is 54.6 Å². The van der Waals surface area contributed by atoms with Crippen molar-refractivity contribution in [2.45, 2.75) is 6.92 Å². The smallest absolute Gasteiger partial charge is 0.344 e. The second kappa shape index (κ2) is 6.59. The molecule has 0 aliphatic rings. The molecule has 2 aromatic rings. The Morgan fingerprint density at radius 1 is 1.00 bits per heavy atom. The lowest BCUT2D eigenvalue weighted by molar-refractivity contribution is -0.145. The molecule has 0 bridgehead atoms. The van der Waals surface area contributed by atoms with Gasteiger partial charge in [0.2, 0.25) is 0 Å². The maximum atomic E-state index is 11.3. The van der Waals surface area contributed by atoms with E-state index in [1.165, 1.54) is 0 Å². The summed E-state index contributed by atoms with van der Waals surface area (Å²) in [6, 6.07) is 17.6. The van der Waals surface area contributed by atoms with Gasteiger partial charge in [0.15, 0.2) is 6.61 Å². The summed E-state index contributed by atoms with van der Waals surface area (Å²) in [5.74, 6) is 0.326. The van der Waals surface area contributed by atoms with Crippen LogP contribution in [-0.4, -0.2) is 19.2 Å². The van der Waals surface area contributed by atoms with E-state index < -0.39 is 0 Å². The van der Waals surface area contributed by atoms with Crippen LogP contribution in [0.3, 0.4) is 0 Å². The molecule has 0 amide bonds. The molecule has 19 heavy (non-hydrogen) atoms. The minimum atomic E-state index is -0.356. The number of esters is 1. The van der Waals surface area contributed by atoms with Gasteiger partial charge in [-0.1, -0.05) is 48.5 Å². The van der Waals surface area contributed by atoms with Crippen molar-refractivity contribution in [3.05, 3.63) is 54.6 Å². The van der Waals surface area contributed by atoms with Gasteiger partial charge in [0, 0.05) is 5.56 Å². The molecule has 0 heterocycles. The van der Waals surface area contributed by atoms with Crippen molar-refractivity contribution in [2.75, 3.05) is 13.2 Å². The third-order valence-electron chi connectivity index (χ3n) is 2.62. The number of rotatable bonds is 5. The first-order valence-corrected chi connectivity index (χ1v) is 6.24. The summed E-state index contributed by atoms with van der Waals surface area (Å²) in [6.45, 7) is 2.07. The Labute approximate surface area is 112 Å². The first-order chi connectivity index (χ1) is 9.31. The minimum absolute atomic E-state index is 0.0717. The fraction of sp³-hybridized carbons (Fsp3) is 0.188. The van der Waals surface area contributed by atoms with Crippen LogP contribution in [0.25, 0.3) is 11.1 Å². The Morgan fingerprint density at radius 3 is 2.42 bits per heavy atom. The van der Waals surface area contributed by atoms with Crippen LogP contribution in [0.4, 0.5) is 0 Å². The van der Waals surface area contributed by atoms with E-state index >= 15 is 0 Å². The minimum Gasteiger partial charge on any atom is -0.481 e. The van der Waals surface area contributed by atoms with Crippen LogP contribution in [-0.2, 0) is 9.53 Å². The quantitative estimate of drug-likeness (QED) is 0.770. The van der Waals surface area contributed by atoms with Gasteiger partial charge in [-0.25, -0.2) is 4.79 Å². The topological polar surface area (TPSA) is 35.5 Å². The van der Waals surface area contributed by atoms with Gasteiger partial charge >= 0.3 is 5.97 Å². The van der Waals surface area contributed by atoms with Crippen molar-refractivity contribution in [2.24, 2.45) is 0 Å². The van der Waals surface area contributed by atoms with Gasteiger partial charge in [-0.05, 0) is 18.6 Å². The van der Waals surface area contributed by atoms with E-state index in [9.17, 15) is 4.79 Å². The summed E-state index contributed by atoms with van der Waals surface area (Å²) < 4.78 is 10.4. The molecule has 0 N–H and O–H groups in total. The molecule has 2 rings (SSSR count). The molecular formula is C16H16O3.